The quantitative estimate of drug-likeness (QED) is 0.0331. The number of nitrogens with zero attached hydrogens (tertiary/aromatic N) is 2. The van der Waals surface area contributed by atoms with Gasteiger partial charge in [-0.15, -0.1) is 0 Å². The fraction of sp³-hybridized carbons (Fsp3) is 0.630. The Bertz CT molecular complexity index is 1190. The van der Waals surface area contributed by atoms with Gasteiger partial charge in [0.25, 0.3) is 0 Å². The van der Waals surface area contributed by atoms with E-state index in [1.54, 1.807) is 13.8 Å². The van der Waals surface area contributed by atoms with Crippen LogP contribution in [0.25, 0.3) is 0 Å². The molecule has 0 unspecified atom stereocenters. The average Bonchev–Trinajstić information content (AvgIpc) is 3.49. The molecular weight excluding hydrogens is 606 g/mol. The van der Waals surface area contributed by atoms with Gasteiger partial charge in [0.15, 0.2) is 5.96 Å². The largest absolute Gasteiger partial charge is 0.481 e. The summed E-state index contributed by atoms with van der Waals surface area (Å²) in [5, 5.41) is 28.8. The first-order chi connectivity index (χ1) is 21.7. The van der Waals surface area contributed by atoms with E-state index in [2.05, 4.69) is 36.2 Å². The minimum atomic E-state index is -1.65. The highest BCUT2D eigenvalue weighted by Gasteiger charge is 2.34. The molecule has 5 atom stereocenters. The van der Waals surface area contributed by atoms with Crippen LogP contribution in [0, 0.1) is 5.92 Å². The molecule has 0 saturated carbocycles. The lowest BCUT2D eigenvalue weighted by molar-refractivity contribution is -0.143. The Morgan fingerprint density at radius 3 is 2.04 bits per heavy atom. The number of hydrogen-bond acceptors (Lipinski definition) is 10. The fourth-order valence-corrected chi connectivity index (χ4v) is 4.21. The van der Waals surface area contributed by atoms with Crippen LogP contribution in [0.15, 0.2) is 17.5 Å². The van der Waals surface area contributed by atoms with E-state index < -0.39 is 78.1 Å². The highest BCUT2D eigenvalue weighted by atomic mass is 16.4. The summed E-state index contributed by atoms with van der Waals surface area (Å²) < 4.78 is 0. The zero-order valence-electron chi connectivity index (χ0n) is 26.0. The molecule has 0 aliphatic rings. The molecule has 0 aromatic carbocycles. The van der Waals surface area contributed by atoms with Crippen molar-refractivity contribution in [2.24, 2.45) is 33.8 Å². The molecule has 0 fully saturated rings. The number of H-pyrrole nitrogens is 1. The first-order valence-electron chi connectivity index (χ1n) is 14.8. The zero-order valence-corrected chi connectivity index (χ0v) is 26.0. The molecule has 46 heavy (non-hydrogen) atoms. The molecule has 0 spiro atoms. The van der Waals surface area contributed by atoms with Gasteiger partial charge in [-0.2, -0.15) is 0 Å². The first-order valence-corrected chi connectivity index (χ1v) is 14.8. The topological polar surface area (TPSA) is 336 Å². The molecule has 1 rings (SSSR count). The standard InChI is InChI=1S/C27H47N11O8/c1-14(2)21(25(44)37-19(26(45)46)10-15-12-32-13-34-15)38-24(43)18(11-20(39)40)36-23(42)17(7-3-4-8-28)35-22(41)16(29)6-5-9-33-27(30)31/h12-14,16-19,21H,3-11,28-29H2,1-2H3,(H,32,34)(H,35,41)(H,36,42)(H,37,44)(H,38,43)(H,39,40)(H,45,46)(H4,30,31,33)/t16-,17-,18-,19-,21-/m0/s1. The average molecular weight is 654 g/mol. The number of guanidine groups is 1. The molecule has 19 nitrogen and oxygen atoms in total. The number of carbonyl (C=O) groups excluding carboxylic acids is 4. The minimum Gasteiger partial charge on any atom is -0.481 e. The number of aliphatic imine (C=N–C) groups is 1. The summed E-state index contributed by atoms with van der Waals surface area (Å²) in [6, 6.07) is -6.50. The second-order valence-electron chi connectivity index (χ2n) is 11.0. The van der Waals surface area contributed by atoms with E-state index in [1.165, 1.54) is 12.5 Å². The molecule has 1 heterocycles. The molecule has 0 radical (unpaired) electrons. The molecule has 1 aromatic rings. The van der Waals surface area contributed by atoms with Gasteiger partial charge in [0.2, 0.25) is 23.6 Å². The van der Waals surface area contributed by atoms with Crippen molar-refractivity contribution in [1.29, 1.82) is 0 Å². The number of hydrogen-bond donors (Lipinski definition) is 11. The zero-order chi connectivity index (χ0) is 34.8. The smallest absolute Gasteiger partial charge is 0.326 e. The summed E-state index contributed by atoms with van der Waals surface area (Å²) in [4.78, 5) is 86.2. The molecule has 0 saturated heterocycles. The van der Waals surface area contributed by atoms with E-state index >= 15 is 0 Å². The number of carbonyl (C=O) groups is 6. The summed E-state index contributed by atoms with van der Waals surface area (Å²) in [6.45, 7) is 3.74. The Labute approximate surface area is 266 Å². The van der Waals surface area contributed by atoms with Crippen LogP contribution >= 0.6 is 0 Å². The predicted molar refractivity (Wildman–Crippen MR) is 166 cm³/mol. The fourth-order valence-electron chi connectivity index (χ4n) is 4.21. The summed E-state index contributed by atoms with van der Waals surface area (Å²) in [5.74, 6) is -6.78. The number of nitrogens with one attached hydrogen (secondary N) is 5. The second-order valence-corrected chi connectivity index (χ2v) is 11.0. The third-order valence-corrected chi connectivity index (χ3v) is 6.74. The van der Waals surface area contributed by atoms with Crippen LogP contribution < -0.4 is 44.2 Å². The third-order valence-electron chi connectivity index (χ3n) is 6.74. The normalized spacial score (nSPS) is 14.2. The monoisotopic (exact) mass is 653 g/mol. The van der Waals surface area contributed by atoms with Crippen molar-refractivity contribution >= 4 is 41.5 Å². The van der Waals surface area contributed by atoms with Crippen molar-refractivity contribution in [2.45, 2.75) is 89.0 Å². The van der Waals surface area contributed by atoms with E-state index in [0.717, 1.165) is 0 Å². The number of unbranched alkanes of at least 4 members (excludes halogenated alkanes) is 1. The maximum atomic E-state index is 13.3. The lowest BCUT2D eigenvalue weighted by Crippen LogP contribution is -2.59. The van der Waals surface area contributed by atoms with Crippen molar-refractivity contribution in [1.82, 2.24) is 31.2 Å². The van der Waals surface area contributed by atoms with Crippen LogP contribution in [-0.4, -0.2) is 105 Å². The summed E-state index contributed by atoms with van der Waals surface area (Å²) in [5.41, 5.74) is 22.5. The van der Waals surface area contributed by atoms with Crippen LogP contribution in [0.2, 0.25) is 0 Å². The second kappa shape index (κ2) is 20.3. The van der Waals surface area contributed by atoms with Gasteiger partial charge in [-0.1, -0.05) is 13.8 Å². The Balaban J connectivity index is 3.04. The van der Waals surface area contributed by atoms with Gasteiger partial charge in [0, 0.05) is 24.9 Å². The lowest BCUT2D eigenvalue weighted by Gasteiger charge is -2.27. The third kappa shape index (κ3) is 14.8. The highest BCUT2D eigenvalue weighted by Crippen LogP contribution is 2.08. The van der Waals surface area contributed by atoms with Crippen LogP contribution in [0.4, 0.5) is 0 Å². The van der Waals surface area contributed by atoms with Crippen LogP contribution in [0.1, 0.15) is 58.1 Å². The number of carboxylic acid groups (broad SMARTS) is 2. The number of aromatic nitrogens is 2. The van der Waals surface area contributed by atoms with Crippen molar-refractivity contribution in [3.05, 3.63) is 18.2 Å². The molecular formula is C27H47N11O8. The maximum Gasteiger partial charge on any atom is 0.326 e. The molecule has 0 aliphatic heterocycles. The number of aliphatic carboxylic acids is 2. The van der Waals surface area contributed by atoms with Gasteiger partial charge >= 0.3 is 11.9 Å². The number of nitrogens with two attached hydrogens (primary N) is 4. The Hall–Kier alpha value is -4.78. The Morgan fingerprint density at radius 2 is 1.50 bits per heavy atom. The van der Waals surface area contributed by atoms with Crippen molar-refractivity contribution < 1.29 is 39.0 Å². The SMILES string of the molecule is CC(C)[C@H](NC(=O)[C@H](CC(=O)O)NC(=O)[C@H](CCCCN)NC(=O)[C@@H](N)CCCN=C(N)N)C(=O)N[C@@H](Cc1cnc[nH]1)C(=O)O. The van der Waals surface area contributed by atoms with Gasteiger partial charge in [0.05, 0.1) is 18.8 Å². The molecule has 15 N–H and O–H groups in total. The predicted octanol–water partition coefficient (Wildman–Crippen LogP) is -3.38. The molecule has 19 heteroatoms. The summed E-state index contributed by atoms with van der Waals surface area (Å²) in [6.07, 6.45) is 3.42. The van der Waals surface area contributed by atoms with Gasteiger partial charge in [-0.3, -0.25) is 29.0 Å². The van der Waals surface area contributed by atoms with Crippen molar-refractivity contribution in [3.63, 3.8) is 0 Å². The minimum absolute atomic E-state index is 0.107. The molecule has 0 aliphatic carbocycles. The number of rotatable bonds is 22. The van der Waals surface area contributed by atoms with Gasteiger partial charge in [-0.25, -0.2) is 9.78 Å². The van der Waals surface area contributed by atoms with Gasteiger partial charge in [-0.05, 0) is 44.6 Å². The van der Waals surface area contributed by atoms with E-state index in [9.17, 15) is 39.0 Å². The number of amides is 4. The van der Waals surface area contributed by atoms with Crippen molar-refractivity contribution in [2.75, 3.05) is 13.1 Å². The lowest BCUT2D eigenvalue weighted by atomic mass is 10.0. The first kappa shape index (κ1) is 39.2. The van der Waals surface area contributed by atoms with E-state index in [1.807, 2.05) is 0 Å². The van der Waals surface area contributed by atoms with Crippen LogP contribution in [0.5, 0.6) is 0 Å². The maximum absolute atomic E-state index is 13.3. The van der Waals surface area contributed by atoms with Crippen LogP contribution in [0.3, 0.4) is 0 Å². The van der Waals surface area contributed by atoms with E-state index in [-0.39, 0.29) is 31.8 Å². The van der Waals surface area contributed by atoms with Gasteiger partial charge < -0.3 is 59.4 Å². The Kier molecular flexibility index (Phi) is 17.3. The van der Waals surface area contributed by atoms with E-state index in [4.69, 9.17) is 22.9 Å². The molecule has 258 valence electrons. The van der Waals surface area contributed by atoms with Gasteiger partial charge in [0.1, 0.15) is 24.2 Å². The molecule has 0 bridgehead atoms. The van der Waals surface area contributed by atoms with Crippen LogP contribution in [-0.2, 0) is 35.2 Å². The number of imidazole rings is 1. The molecule has 4 amide bonds. The summed E-state index contributed by atoms with van der Waals surface area (Å²) in [7, 11) is 0. The molecule has 1 aromatic heterocycles. The Morgan fingerprint density at radius 1 is 0.870 bits per heavy atom. The summed E-state index contributed by atoms with van der Waals surface area (Å²) >= 11 is 0. The number of carboxylic acids is 2. The van der Waals surface area contributed by atoms with E-state index in [0.29, 0.717) is 31.5 Å². The highest BCUT2D eigenvalue weighted by molar-refractivity contribution is 5.96. The number of aromatic amines is 1. The van der Waals surface area contributed by atoms with Crippen molar-refractivity contribution in [3.8, 4) is 0 Å².